The van der Waals surface area contributed by atoms with Crippen LogP contribution in [0.3, 0.4) is 0 Å². The molecule has 0 unspecified atom stereocenters. The summed E-state index contributed by atoms with van der Waals surface area (Å²) in [7, 11) is 0. The SMILES string of the molecule is CCCn1ncnc1[C@@H](C)NC(=O)c1cc(C(C)C)no1. The second kappa shape index (κ2) is 6.51. The molecule has 0 aromatic carbocycles. The van der Waals surface area contributed by atoms with Crippen molar-refractivity contribution in [3.8, 4) is 0 Å². The second-order valence-corrected chi connectivity index (χ2v) is 5.31. The molecule has 0 aliphatic heterocycles. The Bertz CT molecular complexity index is 602. The summed E-state index contributed by atoms with van der Waals surface area (Å²) < 4.78 is 6.88. The van der Waals surface area contributed by atoms with Gasteiger partial charge in [-0.1, -0.05) is 25.9 Å². The van der Waals surface area contributed by atoms with E-state index < -0.39 is 0 Å². The fourth-order valence-electron chi connectivity index (χ4n) is 1.99. The molecule has 0 spiro atoms. The Kier molecular flexibility index (Phi) is 4.72. The van der Waals surface area contributed by atoms with Crippen LogP contribution in [0.4, 0.5) is 0 Å². The van der Waals surface area contributed by atoms with Crippen molar-refractivity contribution in [3.05, 3.63) is 29.7 Å². The summed E-state index contributed by atoms with van der Waals surface area (Å²) in [5.74, 6) is 0.870. The maximum Gasteiger partial charge on any atom is 0.290 e. The zero-order chi connectivity index (χ0) is 15.4. The van der Waals surface area contributed by atoms with E-state index in [4.69, 9.17) is 4.52 Å². The predicted octanol–water partition coefficient (Wildman–Crippen LogP) is 2.29. The first-order chi connectivity index (χ1) is 10.0. The number of rotatable bonds is 6. The summed E-state index contributed by atoms with van der Waals surface area (Å²) >= 11 is 0. The number of aromatic nitrogens is 4. The van der Waals surface area contributed by atoms with E-state index in [2.05, 4.69) is 27.5 Å². The van der Waals surface area contributed by atoms with E-state index in [0.717, 1.165) is 24.5 Å². The van der Waals surface area contributed by atoms with Crippen LogP contribution >= 0.6 is 0 Å². The number of aryl methyl sites for hydroxylation is 1. The first-order valence-electron chi connectivity index (χ1n) is 7.18. The van der Waals surface area contributed by atoms with E-state index in [9.17, 15) is 4.79 Å². The molecule has 7 heteroatoms. The molecule has 0 saturated heterocycles. The highest BCUT2D eigenvalue weighted by molar-refractivity contribution is 5.91. The van der Waals surface area contributed by atoms with E-state index in [-0.39, 0.29) is 23.6 Å². The van der Waals surface area contributed by atoms with Crippen LogP contribution in [0.25, 0.3) is 0 Å². The van der Waals surface area contributed by atoms with Gasteiger partial charge in [0, 0.05) is 12.6 Å². The minimum absolute atomic E-state index is 0.215. The molecule has 21 heavy (non-hydrogen) atoms. The highest BCUT2D eigenvalue weighted by atomic mass is 16.5. The molecule has 0 bridgehead atoms. The van der Waals surface area contributed by atoms with E-state index in [1.165, 1.54) is 6.33 Å². The van der Waals surface area contributed by atoms with E-state index in [0.29, 0.717) is 0 Å². The zero-order valence-electron chi connectivity index (χ0n) is 12.8. The van der Waals surface area contributed by atoms with Gasteiger partial charge >= 0.3 is 0 Å². The monoisotopic (exact) mass is 291 g/mol. The van der Waals surface area contributed by atoms with Gasteiger partial charge in [-0.05, 0) is 19.3 Å². The third-order valence-electron chi connectivity index (χ3n) is 3.16. The Labute approximate surface area is 123 Å². The quantitative estimate of drug-likeness (QED) is 0.882. The molecule has 1 N–H and O–H groups in total. The number of nitrogens with zero attached hydrogens (tertiary/aromatic N) is 4. The molecule has 0 radical (unpaired) electrons. The second-order valence-electron chi connectivity index (χ2n) is 5.31. The summed E-state index contributed by atoms with van der Waals surface area (Å²) in [6.45, 7) is 8.70. The van der Waals surface area contributed by atoms with Crippen molar-refractivity contribution in [2.24, 2.45) is 0 Å². The lowest BCUT2D eigenvalue weighted by atomic mass is 10.1. The fraction of sp³-hybridized carbons (Fsp3) is 0.571. The molecule has 2 aromatic rings. The van der Waals surface area contributed by atoms with Crippen LogP contribution in [0.5, 0.6) is 0 Å². The zero-order valence-corrected chi connectivity index (χ0v) is 12.8. The first kappa shape index (κ1) is 15.2. The van der Waals surface area contributed by atoms with Gasteiger partial charge in [0.15, 0.2) is 0 Å². The van der Waals surface area contributed by atoms with Crippen molar-refractivity contribution in [1.29, 1.82) is 0 Å². The molecular formula is C14H21N5O2. The van der Waals surface area contributed by atoms with Gasteiger partial charge < -0.3 is 9.84 Å². The number of amides is 1. The fourth-order valence-corrected chi connectivity index (χ4v) is 1.99. The third kappa shape index (κ3) is 3.48. The van der Waals surface area contributed by atoms with Crippen LogP contribution in [0, 0.1) is 0 Å². The highest BCUT2D eigenvalue weighted by Crippen LogP contribution is 2.15. The molecule has 0 saturated carbocycles. The van der Waals surface area contributed by atoms with E-state index >= 15 is 0 Å². The minimum atomic E-state index is -0.298. The van der Waals surface area contributed by atoms with Gasteiger partial charge in [0.05, 0.1) is 11.7 Å². The number of carbonyl (C=O) groups is 1. The maximum atomic E-state index is 12.2. The predicted molar refractivity (Wildman–Crippen MR) is 76.8 cm³/mol. The molecule has 1 atom stereocenters. The number of nitrogens with one attached hydrogen (secondary N) is 1. The lowest BCUT2D eigenvalue weighted by Gasteiger charge is -2.13. The Morgan fingerprint density at radius 3 is 2.81 bits per heavy atom. The Balaban J connectivity index is 2.05. The molecule has 2 aromatic heterocycles. The van der Waals surface area contributed by atoms with Crippen molar-refractivity contribution in [3.63, 3.8) is 0 Å². The lowest BCUT2D eigenvalue weighted by Crippen LogP contribution is -2.28. The van der Waals surface area contributed by atoms with Crippen molar-refractivity contribution in [1.82, 2.24) is 25.2 Å². The maximum absolute atomic E-state index is 12.2. The average molecular weight is 291 g/mol. The summed E-state index contributed by atoms with van der Waals surface area (Å²) in [5.41, 5.74) is 0.766. The van der Waals surface area contributed by atoms with Crippen molar-refractivity contribution >= 4 is 5.91 Å². The van der Waals surface area contributed by atoms with Gasteiger partial charge in [-0.15, -0.1) is 0 Å². The highest BCUT2D eigenvalue weighted by Gasteiger charge is 2.20. The van der Waals surface area contributed by atoms with Gasteiger partial charge in [0.2, 0.25) is 5.76 Å². The van der Waals surface area contributed by atoms with Gasteiger partial charge in [-0.3, -0.25) is 4.79 Å². The van der Waals surface area contributed by atoms with Crippen molar-refractivity contribution in [2.45, 2.75) is 52.6 Å². The van der Waals surface area contributed by atoms with Gasteiger partial charge in [-0.2, -0.15) is 5.10 Å². The topological polar surface area (TPSA) is 85.8 Å². The summed E-state index contributed by atoms with van der Waals surface area (Å²) in [6.07, 6.45) is 2.45. The summed E-state index contributed by atoms with van der Waals surface area (Å²) in [5, 5.41) is 10.9. The van der Waals surface area contributed by atoms with Crippen molar-refractivity contribution in [2.75, 3.05) is 0 Å². The average Bonchev–Trinajstić information content (AvgIpc) is 3.07. The Hall–Kier alpha value is -2.18. The molecular weight excluding hydrogens is 270 g/mol. The molecule has 1 amide bonds. The van der Waals surface area contributed by atoms with E-state index in [1.54, 1.807) is 10.7 Å². The lowest BCUT2D eigenvalue weighted by molar-refractivity contribution is 0.0900. The standard InChI is InChI=1S/C14H21N5O2/c1-5-6-19-13(15-8-16-19)10(4)17-14(20)12-7-11(9(2)3)18-21-12/h7-10H,5-6H2,1-4H3,(H,17,20)/t10-/m1/s1. The number of hydrogen-bond donors (Lipinski definition) is 1. The first-order valence-corrected chi connectivity index (χ1v) is 7.18. The number of hydrogen-bond acceptors (Lipinski definition) is 5. The largest absolute Gasteiger partial charge is 0.351 e. The molecule has 0 aliphatic carbocycles. The summed E-state index contributed by atoms with van der Waals surface area (Å²) in [4.78, 5) is 16.4. The summed E-state index contributed by atoms with van der Waals surface area (Å²) in [6, 6.07) is 1.42. The molecule has 114 valence electrons. The normalized spacial score (nSPS) is 12.6. The molecule has 2 heterocycles. The molecule has 0 fully saturated rings. The van der Waals surface area contributed by atoms with Crippen molar-refractivity contribution < 1.29 is 9.32 Å². The van der Waals surface area contributed by atoms with Crippen LogP contribution in [0.1, 0.15) is 68.1 Å². The number of carbonyl (C=O) groups excluding carboxylic acids is 1. The molecule has 2 rings (SSSR count). The van der Waals surface area contributed by atoms with Gasteiger partial charge in [-0.25, -0.2) is 9.67 Å². The molecule has 0 aliphatic rings. The van der Waals surface area contributed by atoms with E-state index in [1.807, 2.05) is 20.8 Å². The van der Waals surface area contributed by atoms with Crippen LogP contribution < -0.4 is 5.32 Å². The van der Waals surface area contributed by atoms with Gasteiger partial charge in [0.1, 0.15) is 12.2 Å². The Morgan fingerprint density at radius 2 is 2.19 bits per heavy atom. The van der Waals surface area contributed by atoms with Crippen LogP contribution in [-0.4, -0.2) is 25.8 Å². The Morgan fingerprint density at radius 1 is 1.43 bits per heavy atom. The van der Waals surface area contributed by atoms with Crippen LogP contribution in [-0.2, 0) is 6.54 Å². The van der Waals surface area contributed by atoms with Crippen LogP contribution in [0.2, 0.25) is 0 Å². The third-order valence-corrected chi connectivity index (χ3v) is 3.16. The molecule has 7 nitrogen and oxygen atoms in total. The van der Waals surface area contributed by atoms with Crippen LogP contribution in [0.15, 0.2) is 16.9 Å². The smallest absolute Gasteiger partial charge is 0.290 e. The van der Waals surface area contributed by atoms with Gasteiger partial charge in [0.25, 0.3) is 5.91 Å². The minimum Gasteiger partial charge on any atom is -0.351 e.